The summed E-state index contributed by atoms with van der Waals surface area (Å²) in [5.74, 6) is 0.237. The van der Waals surface area contributed by atoms with Crippen LogP contribution >= 0.6 is 0 Å². The first-order chi connectivity index (χ1) is 10.2. The van der Waals surface area contributed by atoms with Gasteiger partial charge >= 0.3 is 5.97 Å². The first-order valence-electron chi connectivity index (χ1n) is 6.80. The summed E-state index contributed by atoms with van der Waals surface area (Å²) in [4.78, 5) is 23.1. The van der Waals surface area contributed by atoms with Crippen molar-refractivity contribution in [3.05, 3.63) is 35.9 Å². The summed E-state index contributed by atoms with van der Waals surface area (Å²) in [5, 5.41) is 0. The highest BCUT2D eigenvalue weighted by molar-refractivity contribution is 5.81. The number of esters is 1. The minimum Gasteiger partial charge on any atom is -0.493 e. The van der Waals surface area contributed by atoms with Crippen molar-refractivity contribution in [2.75, 3.05) is 13.7 Å². The van der Waals surface area contributed by atoms with Gasteiger partial charge in [-0.05, 0) is 31.4 Å². The van der Waals surface area contributed by atoms with Crippen LogP contribution in [0.5, 0.6) is 11.5 Å². The van der Waals surface area contributed by atoms with Gasteiger partial charge in [-0.1, -0.05) is 6.08 Å². The summed E-state index contributed by atoms with van der Waals surface area (Å²) < 4.78 is 16.0. The number of carbonyl (C=O) groups excluding carboxylic acids is 2. The third-order valence-electron chi connectivity index (χ3n) is 3.27. The van der Waals surface area contributed by atoms with Gasteiger partial charge in [-0.15, -0.1) is 6.58 Å². The molecule has 1 unspecified atom stereocenters. The van der Waals surface area contributed by atoms with Crippen LogP contribution in [0.2, 0.25) is 0 Å². The molecule has 21 heavy (non-hydrogen) atoms. The summed E-state index contributed by atoms with van der Waals surface area (Å²) >= 11 is 0. The molecule has 1 aliphatic rings. The molecule has 1 saturated heterocycles. The molecule has 0 spiro atoms. The molecule has 1 aliphatic heterocycles. The molecule has 0 N–H and O–H groups in total. The summed E-state index contributed by atoms with van der Waals surface area (Å²) in [6.45, 7) is 4.24. The zero-order valence-electron chi connectivity index (χ0n) is 12.0. The molecule has 1 heterocycles. The van der Waals surface area contributed by atoms with Crippen LogP contribution in [0.1, 0.15) is 28.8 Å². The maximum atomic E-state index is 12.1. The van der Waals surface area contributed by atoms with E-state index in [0.29, 0.717) is 42.1 Å². The summed E-state index contributed by atoms with van der Waals surface area (Å²) in [7, 11) is 1.46. The average molecular weight is 290 g/mol. The Kier molecular flexibility index (Phi) is 5.11. The zero-order valence-corrected chi connectivity index (χ0v) is 12.0. The molecule has 0 aromatic heterocycles. The highest BCUT2D eigenvalue weighted by Crippen LogP contribution is 2.34. The van der Waals surface area contributed by atoms with E-state index in [-0.39, 0.29) is 0 Å². The lowest BCUT2D eigenvalue weighted by atomic mass is 10.1. The molecule has 0 amide bonds. The number of carbonyl (C=O) groups is 2. The van der Waals surface area contributed by atoms with Crippen molar-refractivity contribution in [1.29, 1.82) is 0 Å². The van der Waals surface area contributed by atoms with E-state index in [2.05, 4.69) is 6.58 Å². The van der Waals surface area contributed by atoms with E-state index in [4.69, 9.17) is 14.2 Å². The van der Waals surface area contributed by atoms with E-state index >= 15 is 0 Å². The lowest BCUT2D eigenvalue weighted by Gasteiger charge is -2.16. The maximum absolute atomic E-state index is 12.1. The Labute approximate surface area is 123 Å². The number of allylic oxidation sites excluding steroid dienone is 1. The third kappa shape index (κ3) is 3.49. The van der Waals surface area contributed by atoms with Gasteiger partial charge in [0.2, 0.25) is 0 Å². The molecule has 1 fully saturated rings. The molecule has 0 aliphatic carbocycles. The third-order valence-corrected chi connectivity index (χ3v) is 3.27. The van der Waals surface area contributed by atoms with Gasteiger partial charge in [-0.25, -0.2) is 4.79 Å². The molecular weight excluding hydrogens is 272 g/mol. The normalized spacial score (nSPS) is 17.3. The highest BCUT2D eigenvalue weighted by Gasteiger charge is 2.27. The summed E-state index contributed by atoms with van der Waals surface area (Å²) in [5.41, 5.74) is 1.14. The topological polar surface area (TPSA) is 61.8 Å². The average Bonchev–Trinajstić information content (AvgIpc) is 3.03. The quantitative estimate of drug-likeness (QED) is 0.348. The van der Waals surface area contributed by atoms with Crippen molar-refractivity contribution in [2.45, 2.75) is 25.4 Å². The van der Waals surface area contributed by atoms with Gasteiger partial charge in [0.1, 0.15) is 6.29 Å². The molecule has 112 valence electrons. The number of hydrogen-bond acceptors (Lipinski definition) is 5. The Morgan fingerprint density at radius 3 is 2.90 bits per heavy atom. The van der Waals surface area contributed by atoms with Crippen LogP contribution in [0.25, 0.3) is 0 Å². The second kappa shape index (κ2) is 7.04. The minimum absolute atomic E-state index is 0.323. The van der Waals surface area contributed by atoms with Gasteiger partial charge in [0.15, 0.2) is 17.6 Å². The molecule has 0 saturated carbocycles. The Bertz CT molecular complexity index is 544. The van der Waals surface area contributed by atoms with Gasteiger partial charge in [0.25, 0.3) is 0 Å². The first kappa shape index (κ1) is 15.3. The number of methoxy groups -OCH3 is 1. The Hall–Kier alpha value is -2.14. The number of rotatable bonds is 6. The van der Waals surface area contributed by atoms with E-state index in [0.717, 1.165) is 12.7 Å². The monoisotopic (exact) mass is 290 g/mol. The SMILES string of the molecule is C=CCc1cc(C=O)cc(OC)c1OC(=O)C1CCCO1. The number of ether oxygens (including phenoxy) is 3. The van der Waals surface area contributed by atoms with E-state index in [1.807, 2.05) is 0 Å². The molecule has 1 aromatic carbocycles. The number of benzene rings is 1. The standard InChI is InChI=1S/C16H18O5/c1-3-5-12-8-11(10-17)9-14(19-2)15(12)21-16(18)13-6-4-7-20-13/h3,8-10,13H,1,4-7H2,2H3. The minimum atomic E-state index is -0.531. The second-order valence-electron chi connectivity index (χ2n) is 4.74. The largest absolute Gasteiger partial charge is 0.493 e. The number of hydrogen-bond donors (Lipinski definition) is 0. The van der Waals surface area contributed by atoms with Crippen LogP contribution in [0.4, 0.5) is 0 Å². The smallest absolute Gasteiger partial charge is 0.340 e. The van der Waals surface area contributed by atoms with Gasteiger partial charge in [-0.2, -0.15) is 0 Å². The Morgan fingerprint density at radius 2 is 2.33 bits per heavy atom. The van der Waals surface area contributed by atoms with Crippen LogP contribution in [0.3, 0.4) is 0 Å². The highest BCUT2D eigenvalue weighted by atomic mass is 16.6. The lowest BCUT2D eigenvalue weighted by Crippen LogP contribution is -2.25. The lowest BCUT2D eigenvalue weighted by molar-refractivity contribution is -0.144. The van der Waals surface area contributed by atoms with Gasteiger partial charge in [0.05, 0.1) is 7.11 Å². The molecule has 0 radical (unpaired) electrons. The molecule has 1 atom stereocenters. The molecular formula is C16H18O5. The van der Waals surface area contributed by atoms with Gasteiger partial charge < -0.3 is 14.2 Å². The number of aldehydes is 1. The van der Waals surface area contributed by atoms with Crippen molar-refractivity contribution >= 4 is 12.3 Å². The fourth-order valence-electron chi connectivity index (χ4n) is 2.26. The van der Waals surface area contributed by atoms with Crippen molar-refractivity contribution in [3.63, 3.8) is 0 Å². The molecule has 1 aromatic rings. The van der Waals surface area contributed by atoms with Crippen molar-refractivity contribution in [1.82, 2.24) is 0 Å². The van der Waals surface area contributed by atoms with Gasteiger partial charge in [-0.3, -0.25) is 4.79 Å². The maximum Gasteiger partial charge on any atom is 0.340 e. The van der Waals surface area contributed by atoms with Crippen molar-refractivity contribution in [3.8, 4) is 11.5 Å². The van der Waals surface area contributed by atoms with Crippen LogP contribution in [0.15, 0.2) is 24.8 Å². The van der Waals surface area contributed by atoms with Gasteiger partial charge in [0, 0.05) is 17.7 Å². The Morgan fingerprint density at radius 1 is 1.52 bits per heavy atom. The van der Waals surface area contributed by atoms with Crippen molar-refractivity contribution < 1.29 is 23.8 Å². The van der Waals surface area contributed by atoms with Crippen molar-refractivity contribution in [2.24, 2.45) is 0 Å². The van der Waals surface area contributed by atoms with Crippen LogP contribution < -0.4 is 9.47 Å². The van der Waals surface area contributed by atoms with E-state index in [1.165, 1.54) is 13.2 Å². The predicted molar refractivity (Wildman–Crippen MR) is 76.9 cm³/mol. The summed E-state index contributed by atoms with van der Waals surface area (Å²) in [6.07, 6.45) is 3.84. The molecule has 5 nitrogen and oxygen atoms in total. The predicted octanol–water partition coefficient (Wildman–Crippen LogP) is 2.32. The molecule has 0 bridgehead atoms. The second-order valence-corrected chi connectivity index (χ2v) is 4.74. The van der Waals surface area contributed by atoms with E-state index in [1.54, 1.807) is 12.1 Å². The molecule has 2 rings (SSSR count). The van der Waals surface area contributed by atoms with E-state index in [9.17, 15) is 9.59 Å². The fraction of sp³-hybridized carbons (Fsp3) is 0.375. The van der Waals surface area contributed by atoms with Crippen LogP contribution in [-0.4, -0.2) is 32.1 Å². The Balaban J connectivity index is 2.32. The first-order valence-corrected chi connectivity index (χ1v) is 6.80. The van der Waals surface area contributed by atoms with Crippen LogP contribution in [-0.2, 0) is 16.0 Å². The fourth-order valence-corrected chi connectivity index (χ4v) is 2.26. The van der Waals surface area contributed by atoms with Crippen LogP contribution in [0, 0.1) is 0 Å². The molecule has 5 heteroatoms. The zero-order chi connectivity index (χ0) is 15.2. The van der Waals surface area contributed by atoms with E-state index < -0.39 is 12.1 Å². The summed E-state index contributed by atoms with van der Waals surface area (Å²) in [6, 6.07) is 3.20.